The van der Waals surface area contributed by atoms with Gasteiger partial charge in [0, 0.05) is 19.3 Å². The summed E-state index contributed by atoms with van der Waals surface area (Å²) in [5, 5.41) is 0. The summed E-state index contributed by atoms with van der Waals surface area (Å²) in [6, 6.07) is 0. The molecular weight excluding hydrogens is 757 g/mol. The van der Waals surface area contributed by atoms with Crippen LogP contribution in [0.2, 0.25) is 0 Å². The fraction of sp³-hybridized carbons (Fsp3) is 0.836. The molecule has 1 atom stereocenters. The second kappa shape index (κ2) is 50.3. The van der Waals surface area contributed by atoms with Gasteiger partial charge in [-0.15, -0.1) is 0 Å². The number of hydrogen-bond donors (Lipinski definition) is 0. The summed E-state index contributed by atoms with van der Waals surface area (Å²) in [5.41, 5.74) is 0. The molecule has 0 rings (SSSR count). The van der Waals surface area contributed by atoms with Crippen LogP contribution in [-0.4, -0.2) is 37.2 Å². The van der Waals surface area contributed by atoms with Crippen molar-refractivity contribution in [3.05, 3.63) is 36.5 Å². The Morgan fingerprint density at radius 3 is 1.03 bits per heavy atom. The Kier molecular flexibility index (Phi) is 48.3. The smallest absolute Gasteiger partial charge is 0.306 e. The normalized spacial score (nSPS) is 12.2. The summed E-state index contributed by atoms with van der Waals surface area (Å²) in [5.74, 6) is -0.968. The molecule has 0 radical (unpaired) electrons. The van der Waals surface area contributed by atoms with E-state index < -0.39 is 6.10 Å². The summed E-state index contributed by atoms with van der Waals surface area (Å²) in [6.07, 6.45) is 58.6. The molecule has 0 aromatic rings. The van der Waals surface area contributed by atoms with Crippen molar-refractivity contribution in [2.45, 2.75) is 284 Å². The number of unbranched alkanes of at least 4 members (excludes halogenated alkanes) is 31. The number of rotatable bonds is 48. The van der Waals surface area contributed by atoms with E-state index in [0.29, 0.717) is 19.3 Å². The number of allylic oxidation sites excluding steroid dienone is 6. The summed E-state index contributed by atoms with van der Waals surface area (Å²) >= 11 is 0. The molecule has 0 aliphatic rings. The molecule has 1 unspecified atom stereocenters. The van der Waals surface area contributed by atoms with Crippen LogP contribution in [0, 0.1) is 0 Å². The van der Waals surface area contributed by atoms with Crippen LogP contribution in [-0.2, 0) is 28.6 Å². The zero-order chi connectivity index (χ0) is 44.4. The lowest BCUT2D eigenvalue weighted by molar-refractivity contribution is -0.166. The maximum Gasteiger partial charge on any atom is 0.306 e. The van der Waals surface area contributed by atoms with Crippen molar-refractivity contribution in [1.82, 2.24) is 0 Å². The second-order valence-electron chi connectivity index (χ2n) is 17.8. The molecule has 6 nitrogen and oxygen atoms in total. The minimum absolute atomic E-state index is 0.0920. The highest BCUT2D eigenvalue weighted by Gasteiger charge is 2.19. The van der Waals surface area contributed by atoms with Crippen molar-refractivity contribution in [2.24, 2.45) is 0 Å². The van der Waals surface area contributed by atoms with Crippen LogP contribution >= 0.6 is 0 Å². The van der Waals surface area contributed by atoms with Crippen LogP contribution in [0.1, 0.15) is 278 Å². The van der Waals surface area contributed by atoms with E-state index in [0.717, 1.165) is 64.2 Å². The van der Waals surface area contributed by atoms with Crippen molar-refractivity contribution >= 4 is 17.9 Å². The summed E-state index contributed by atoms with van der Waals surface area (Å²) in [6.45, 7) is 6.59. The monoisotopic (exact) mass is 857 g/mol. The van der Waals surface area contributed by atoms with Gasteiger partial charge in [-0.25, -0.2) is 0 Å². The molecule has 61 heavy (non-hydrogen) atoms. The van der Waals surface area contributed by atoms with Crippen LogP contribution in [0.25, 0.3) is 0 Å². The first-order valence-electron chi connectivity index (χ1n) is 26.5. The quantitative estimate of drug-likeness (QED) is 0.0262. The standard InChI is InChI=1S/C55H100O6/c1-4-7-10-13-16-19-22-25-27-28-31-33-36-39-42-45-48-54(57)60-51-52(50-59-53(56)47-44-41-38-35-32-29-24-21-18-15-12-9-6-3)61-55(58)49-46-43-40-37-34-30-26-23-20-17-14-11-8-5-2/h29-30,32,34,38,41,52H,4-28,31,33,35-37,39-40,42-51H2,1-3H3/b32-29-,34-30-,41-38-. The van der Waals surface area contributed by atoms with E-state index in [-0.39, 0.29) is 37.5 Å². The fourth-order valence-electron chi connectivity index (χ4n) is 7.61. The average Bonchev–Trinajstić information content (AvgIpc) is 3.26. The molecule has 0 saturated heterocycles. The Hall–Kier alpha value is -2.37. The third-order valence-corrected chi connectivity index (χ3v) is 11.6. The lowest BCUT2D eigenvalue weighted by Crippen LogP contribution is -2.30. The molecule has 0 amide bonds. The van der Waals surface area contributed by atoms with E-state index in [2.05, 4.69) is 51.2 Å². The minimum atomic E-state index is -0.798. The predicted octanol–water partition coefficient (Wildman–Crippen LogP) is 17.3. The first-order valence-corrected chi connectivity index (χ1v) is 26.5. The van der Waals surface area contributed by atoms with Crippen LogP contribution in [0.15, 0.2) is 36.5 Å². The van der Waals surface area contributed by atoms with Gasteiger partial charge < -0.3 is 14.2 Å². The third kappa shape index (κ3) is 48.5. The van der Waals surface area contributed by atoms with Gasteiger partial charge in [0.1, 0.15) is 13.2 Å². The van der Waals surface area contributed by atoms with E-state index in [1.807, 2.05) is 6.08 Å². The Morgan fingerprint density at radius 2 is 0.623 bits per heavy atom. The molecule has 0 aliphatic carbocycles. The van der Waals surface area contributed by atoms with Gasteiger partial charge in [0.2, 0.25) is 0 Å². The molecule has 356 valence electrons. The Bertz CT molecular complexity index is 1030. The van der Waals surface area contributed by atoms with Crippen molar-refractivity contribution < 1.29 is 28.6 Å². The maximum atomic E-state index is 12.8. The molecule has 0 aliphatic heterocycles. The fourth-order valence-corrected chi connectivity index (χ4v) is 7.61. The Balaban J connectivity index is 4.41. The highest BCUT2D eigenvalue weighted by atomic mass is 16.6. The van der Waals surface area contributed by atoms with E-state index in [4.69, 9.17) is 14.2 Å². The van der Waals surface area contributed by atoms with Crippen LogP contribution in [0.5, 0.6) is 0 Å². The van der Waals surface area contributed by atoms with Gasteiger partial charge in [0.05, 0.1) is 0 Å². The van der Waals surface area contributed by atoms with Crippen molar-refractivity contribution in [1.29, 1.82) is 0 Å². The Labute approximate surface area is 378 Å². The van der Waals surface area contributed by atoms with Crippen molar-refractivity contribution in [3.8, 4) is 0 Å². The molecular formula is C55H100O6. The minimum Gasteiger partial charge on any atom is -0.462 e. The molecule has 0 aromatic carbocycles. The third-order valence-electron chi connectivity index (χ3n) is 11.6. The maximum absolute atomic E-state index is 12.8. The van der Waals surface area contributed by atoms with E-state index in [1.165, 1.54) is 167 Å². The zero-order valence-corrected chi connectivity index (χ0v) is 40.7. The van der Waals surface area contributed by atoms with Gasteiger partial charge in [-0.05, 0) is 64.2 Å². The van der Waals surface area contributed by atoms with E-state index >= 15 is 0 Å². The largest absolute Gasteiger partial charge is 0.462 e. The van der Waals surface area contributed by atoms with Gasteiger partial charge in [0.25, 0.3) is 0 Å². The van der Waals surface area contributed by atoms with E-state index in [1.54, 1.807) is 0 Å². The lowest BCUT2D eigenvalue weighted by Gasteiger charge is -2.18. The summed E-state index contributed by atoms with van der Waals surface area (Å²) in [7, 11) is 0. The average molecular weight is 857 g/mol. The number of carbonyl (C=O) groups is 3. The molecule has 0 saturated carbocycles. The van der Waals surface area contributed by atoms with Crippen molar-refractivity contribution in [2.75, 3.05) is 13.2 Å². The number of ether oxygens (including phenoxy) is 3. The predicted molar refractivity (Wildman–Crippen MR) is 261 cm³/mol. The molecule has 6 heteroatoms. The molecule has 0 spiro atoms. The molecule has 0 heterocycles. The summed E-state index contributed by atoms with van der Waals surface area (Å²) in [4.78, 5) is 37.9. The first kappa shape index (κ1) is 58.6. The van der Waals surface area contributed by atoms with Gasteiger partial charge in [0.15, 0.2) is 6.10 Å². The number of esters is 3. The van der Waals surface area contributed by atoms with Crippen LogP contribution in [0.3, 0.4) is 0 Å². The molecule has 0 bridgehead atoms. The molecule has 0 aromatic heterocycles. The first-order chi connectivity index (χ1) is 30.0. The van der Waals surface area contributed by atoms with Crippen molar-refractivity contribution in [3.63, 3.8) is 0 Å². The van der Waals surface area contributed by atoms with E-state index in [9.17, 15) is 14.4 Å². The highest BCUT2D eigenvalue weighted by molar-refractivity contribution is 5.71. The second-order valence-corrected chi connectivity index (χ2v) is 17.8. The molecule has 0 fully saturated rings. The van der Waals surface area contributed by atoms with Gasteiger partial charge >= 0.3 is 17.9 Å². The van der Waals surface area contributed by atoms with Gasteiger partial charge in [-0.2, -0.15) is 0 Å². The van der Waals surface area contributed by atoms with Crippen LogP contribution in [0.4, 0.5) is 0 Å². The number of hydrogen-bond acceptors (Lipinski definition) is 6. The van der Waals surface area contributed by atoms with Gasteiger partial charge in [-0.1, -0.05) is 231 Å². The topological polar surface area (TPSA) is 78.9 Å². The van der Waals surface area contributed by atoms with Gasteiger partial charge in [-0.3, -0.25) is 14.4 Å². The SMILES string of the molecule is CCCCCCCC/C=C\C/C=C\CCC(=O)OCC(COC(=O)CCCCCCCCCCCCCCCCCC)OC(=O)CCCCC/C=C\CCCCCCCCC. The van der Waals surface area contributed by atoms with Crippen LogP contribution < -0.4 is 0 Å². The number of carbonyl (C=O) groups excluding carboxylic acids is 3. The summed E-state index contributed by atoms with van der Waals surface area (Å²) < 4.78 is 16.7. The Morgan fingerprint density at radius 1 is 0.328 bits per heavy atom. The zero-order valence-electron chi connectivity index (χ0n) is 40.7. The molecule has 0 N–H and O–H groups in total. The highest BCUT2D eigenvalue weighted by Crippen LogP contribution is 2.15. The lowest BCUT2D eigenvalue weighted by atomic mass is 10.0.